The van der Waals surface area contributed by atoms with Gasteiger partial charge in [-0.15, -0.1) is 0 Å². The third kappa shape index (κ3) is 4.01. The smallest absolute Gasteiger partial charge is 0.260 e. The highest BCUT2D eigenvalue weighted by atomic mass is 35.5. The summed E-state index contributed by atoms with van der Waals surface area (Å²) in [5.74, 6) is 0.250. The van der Waals surface area contributed by atoms with E-state index in [9.17, 15) is 13.2 Å². The van der Waals surface area contributed by atoms with E-state index in [1.54, 1.807) is 47.6 Å². The number of piperazine rings is 1. The summed E-state index contributed by atoms with van der Waals surface area (Å²) in [5, 5.41) is 1.85. The van der Waals surface area contributed by atoms with Crippen LogP contribution in [0.3, 0.4) is 0 Å². The second-order valence-corrected chi connectivity index (χ2v) is 9.88. The standard InChI is InChI=1S/C22H20ClN5O4S/c23-17-5-6-18(21-15(17)3-1-7-24-21)32-14-20(29)27-9-11-28(12-10-27)33(30,31)19-13-26-22-16(19)4-2-8-25-22/h1-8,13H,9-12,14H2,(H,25,26). The number of nitrogens with one attached hydrogen (secondary N) is 1. The lowest BCUT2D eigenvalue weighted by molar-refractivity contribution is -0.134. The molecule has 0 unspecified atom stereocenters. The van der Waals surface area contributed by atoms with Crippen LogP contribution in [0.25, 0.3) is 21.9 Å². The number of sulfonamides is 1. The first kappa shape index (κ1) is 21.6. The van der Waals surface area contributed by atoms with Crippen molar-refractivity contribution < 1.29 is 17.9 Å². The van der Waals surface area contributed by atoms with E-state index in [4.69, 9.17) is 16.3 Å². The van der Waals surface area contributed by atoms with Crippen LogP contribution in [-0.2, 0) is 14.8 Å². The first-order chi connectivity index (χ1) is 15.9. The molecule has 0 spiro atoms. The molecule has 5 rings (SSSR count). The topological polar surface area (TPSA) is 108 Å². The number of H-pyrrole nitrogens is 1. The molecule has 33 heavy (non-hydrogen) atoms. The number of aromatic nitrogens is 3. The van der Waals surface area contributed by atoms with Crippen LogP contribution >= 0.6 is 11.6 Å². The van der Waals surface area contributed by atoms with Gasteiger partial charge in [0.15, 0.2) is 6.61 Å². The molecule has 170 valence electrons. The van der Waals surface area contributed by atoms with Crippen molar-refractivity contribution in [1.29, 1.82) is 0 Å². The van der Waals surface area contributed by atoms with Gasteiger partial charge in [0, 0.05) is 55.5 Å². The van der Waals surface area contributed by atoms with Crippen LogP contribution < -0.4 is 4.74 Å². The second kappa shape index (κ2) is 8.62. The second-order valence-electron chi connectivity index (χ2n) is 7.57. The molecule has 1 aromatic carbocycles. The average Bonchev–Trinajstić information content (AvgIpc) is 3.29. The molecule has 3 aromatic heterocycles. The Morgan fingerprint density at radius 2 is 1.76 bits per heavy atom. The number of carbonyl (C=O) groups is 1. The maximum Gasteiger partial charge on any atom is 0.260 e. The summed E-state index contributed by atoms with van der Waals surface area (Å²) in [4.78, 5) is 25.8. The lowest BCUT2D eigenvalue weighted by atomic mass is 10.2. The van der Waals surface area contributed by atoms with Gasteiger partial charge >= 0.3 is 0 Å². The third-order valence-corrected chi connectivity index (χ3v) is 7.92. The minimum absolute atomic E-state index is 0.172. The van der Waals surface area contributed by atoms with Gasteiger partial charge in [-0.3, -0.25) is 9.78 Å². The third-order valence-electron chi connectivity index (χ3n) is 5.65. The number of halogens is 1. The van der Waals surface area contributed by atoms with Gasteiger partial charge in [0.1, 0.15) is 21.8 Å². The van der Waals surface area contributed by atoms with Crippen molar-refractivity contribution in [3.8, 4) is 5.75 Å². The maximum atomic E-state index is 13.1. The molecular formula is C22H20ClN5O4S. The number of pyridine rings is 2. The number of rotatable bonds is 5. The van der Waals surface area contributed by atoms with E-state index in [0.717, 1.165) is 5.39 Å². The molecule has 4 aromatic rings. The number of hydrogen-bond acceptors (Lipinski definition) is 6. The molecule has 1 amide bonds. The van der Waals surface area contributed by atoms with Crippen LogP contribution in [-0.4, -0.2) is 71.3 Å². The quantitative estimate of drug-likeness (QED) is 0.465. The highest BCUT2D eigenvalue weighted by Crippen LogP contribution is 2.30. The Labute approximate surface area is 195 Å². The molecule has 1 saturated heterocycles. The molecule has 9 nitrogen and oxygen atoms in total. The Balaban J connectivity index is 1.23. The van der Waals surface area contributed by atoms with E-state index in [1.807, 2.05) is 6.07 Å². The minimum atomic E-state index is -3.71. The summed E-state index contributed by atoms with van der Waals surface area (Å²) >= 11 is 6.20. The van der Waals surface area contributed by atoms with Crippen molar-refractivity contribution in [3.63, 3.8) is 0 Å². The molecular weight excluding hydrogens is 466 g/mol. The van der Waals surface area contributed by atoms with Crippen LogP contribution in [0, 0.1) is 0 Å². The van der Waals surface area contributed by atoms with Gasteiger partial charge < -0.3 is 14.6 Å². The first-order valence-electron chi connectivity index (χ1n) is 10.3. The number of amides is 1. The van der Waals surface area contributed by atoms with Crippen molar-refractivity contribution >= 4 is 49.5 Å². The SMILES string of the molecule is O=C(COc1ccc(Cl)c2cccnc12)N1CCN(S(=O)(=O)c2c[nH]c3ncccc23)CC1. The Hall–Kier alpha value is -3.21. The summed E-state index contributed by atoms with van der Waals surface area (Å²) in [6, 6.07) is 10.4. The van der Waals surface area contributed by atoms with Crippen molar-refractivity contribution in [2.75, 3.05) is 32.8 Å². The zero-order chi connectivity index (χ0) is 23.0. The number of fused-ring (bicyclic) bond motifs is 2. The molecule has 0 aliphatic carbocycles. The molecule has 0 saturated carbocycles. The van der Waals surface area contributed by atoms with Gasteiger partial charge in [-0.05, 0) is 36.4 Å². The van der Waals surface area contributed by atoms with Gasteiger partial charge in [0.2, 0.25) is 10.0 Å². The van der Waals surface area contributed by atoms with Crippen molar-refractivity contribution in [3.05, 3.63) is 60.0 Å². The van der Waals surface area contributed by atoms with E-state index in [1.165, 1.54) is 10.5 Å². The van der Waals surface area contributed by atoms with Gasteiger partial charge in [-0.2, -0.15) is 4.31 Å². The Bertz CT molecular complexity index is 1450. The number of ether oxygens (including phenoxy) is 1. The van der Waals surface area contributed by atoms with E-state index >= 15 is 0 Å². The fourth-order valence-corrected chi connectivity index (χ4v) is 5.71. The summed E-state index contributed by atoms with van der Waals surface area (Å²) in [6.45, 7) is 0.788. The largest absolute Gasteiger partial charge is 0.481 e. The summed E-state index contributed by atoms with van der Waals surface area (Å²) in [7, 11) is -3.71. The van der Waals surface area contributed by atoms with Crippen LogP contribution in [0.1, 0.15) is 0 Å². The van der Waals surface area contributed by atoms with E-state index < -0.39 is 10.0 Å². The Morgan fingerprint density at radius 3 is 2.55 bits per heavy atom. The van der Waals surface area contributed by atoms with Gasteiger partial charge in [0.05, 0.1) is 5.02 Å². The Morgan fingerprint density at radius 1 is 1.03 bits per heavy atom. The van der Waals surface area contributed by atoms with Crippen LogP contribution in [0.2, 0.25) is 5.02 Å². The zero-order valence-electron chi connectivity index (χ0n) is 17.4. The van der Waals surface area contributed by atoms with Crippen molar-refractivity contribution in [1.82, 2.24) is 24.2 Å². The molecule has 4 heterocycles. The van der Waals surface area contributed by atoms with Crippen LogP contribution in [0.15, 0.2) is 59.9 Å². The highest BCUT2D eigenvalue weighted by Gasteiger charge is 2.32. The molecule has 1 fully saturated rings. The fourth-order valence-electron chi connectivity index (χ4n) is 3.92. The van der Waals surface area contributed by atoms with Gasteiger partial charge in [-0.1, -0.05) is 11.6 Å². The molecule has 1 N–H and O–H groups in total. The summed E-state index contributed by atoms with van der Waals surface area (Å²) in [5.41, 5.74) is 1.10. The van der Waals surface area contributed by atoms with E-state index in [0.29, 0.717) is 27.3 Å². The Kier molecular flexibility index (Phi) is 5.65. The van der Waals surface area contributed by atoms with E-state index in [2.05, 4.69) is 15.0 Å². The lowest BCUT2D eigenvalue weighted by Gasteiger charge is -2.33. The lowest BCUT2D eigenvalue weighted by Crippen LogP contribution is -2.51. The monoisotopic (exact) mass is 485 g/mol. The molecule has 0 radical (unpaired) electrons. The number of carbonyl (C=O) groups excluding carboxylic acids is 1. The number of aromatic amines is 1. The summed E-state index contributed by atoms with van der Waals surface area (Å²) < 4.78 is 33.4. The minimum Gasteiger partial charge on any atom is -0.481 e. The molecule has 1 aliphatic rings. The molecule has 1 aliphatic heterocycles. The van der Waals surface area contributed by atoms with Crippen LogP contribution in [0.4, 0.5) is 0 Å². The highest BCUT2D eigenvalue weighted by molar-refractivity contribution is 7.89. The van der Waals surface area contributed by atoms with Gasteiger partial charge in [-0.25, -0.2) is 13.4 Å². The number of nitrogens with zero attached hydrogens (tertiary/aromatic N) is 4. The van der Waals surface area contributed by atoms with Crippen LogP contribution in [0.5, 0.6) is 5.75 Å². The first-order valence-corrected chi connectivity index (χ1v) is 12.1. The summed E-state index contributed by atoms with van der Waals surface area (Å²) in [6.07, 6.45) is 4.70. The molecule has 11 heteroatoms. The maximum absolute atomic E-state index is 13.1. The normalized spacial score (nSPS) is 15.2. The molecule has 0 bridgehead atoms. The van der Waals surface area contributed by atoms with Gasteiger partial charge in [0.25, 0.3) is 5.91 Å². The average molecular weight is 486 g/mol. The van der Waals surface area contributed by atoms with Crippen molar-refractivity contribution in [2.45, 2.75) is 4.90 Å². The molecule has 0 atom stereocenters. The number of hydrogen-bond donors (Lipinski definition) is 1. The number of benzene rings is 1. The predicted octanol–water partition coefficient (Wildman–Crippen LogP) is 2.68. The van der Waals surface area contributed by atoms with E-state index in [-0.39, 0.29) is 43.6 Å². The zero-order valence-corrected chi connectivity index (χ0v) is 19.0. The predicted molar refractivity (Wildman–Crippen MR) is 124 cm³/mol. The van der Waals surface area contributed by atoms with Crippen molar-refractivity contribution in [2.24, 2.45) is 0 Å². The fraction of sp³-hybridized carbons (Fsp3) is 0.227.